The molecule has 2 fully saturated rings. The number of aromatic nitrogens is 2. The van der Waals surface area contributed by atoms with Crippen molar-refractivity contribution in [1.82, 2.24) is 14.9 Å². The molecule has 1 saturated carbocycles. The summed E-state index contributed by atoms with van der Waals surface area (Å²) in [5.74, 6) is 0.0519. The molecule has 2 unspecified atom stereocenters. The van der Waals surface area contributed by atoms with Gasteiger partial charge in [0, 0.05) is 29.6 Å². The van der Waals surface area contributed by atoms with Crippen LogP contribution in [0.25, 0.3) is 10.9 Å². The van der Waals surface area contributed by atoms with E-state index in [4.69, 9.17) is 4.74 Å². The van der Waals surface area contributed by atoms with E-state index in [1.54, 1.807) is 13.0 Å². The number of amides is 1. The first-order valence-corrected chi connectivity index (χ1v) is 11.7. The molecule has 5 rings (SSSR count). The molecule has 6 nitrogen and oxygen atoms in total. The highest BCUT2D eigenvalue weighted by Crippen LogP contribution is 2.48. The van der Waals surface area contributed by atoms with Crippen molar-refractivity contribution in [3.63, 3.8) is 0 Å². The molecular weight excluding hydrogens is 459 g/mol. The van der Waals surface area contributed by atoms with Crippen molar-refractivity contribution in [2.24, 2.45) is 11.3 Å². The van der Waals surface area contributed by atoms with E-state index < -0.39 is 12.8 Å². The number of hydrogen-bond acceptors (Lipinski definition) is 4. The third-order valence-corrected chi connectivity index (χ3v) is 6.77. The highest BCUT2D eigenvalue weighted by Gasteiger charge is 2.44. The van der Waals surface area contributed by atoms with E-state index in [1.165, 1.54) is 23.2 Å². The normalized spacial score (nSPS) is 21.9. The van der Waals surface area contributed by atoms with Crippen molar-refractivity contribution >= 4 is 16.8 Å². The number of carbonyl (C=O) groups excluding carboxylic acids is 1. The Hall–Kier alpha value is -3.07. The molecular formula is C26H28F3N3O3. The van der Waals surface area contributed by atoms with Gasteiger partial charge in [-0.3, -0.25) is 9.78 Å². The van der Waals surface area contributed by atoms with Gasteiger partial charge >= 0.3 is 6.18 Å². The van der Waals surface area contributed by atoms with E-state index in [0.29, 0.717) is 5.69 Å². The molecule has 2 aromatic heterocycles. The zero-order valence-electron chi connectivity index (χ0n) is 19.6. The molecule has 186 valence electrons. The molecule has 3 atom stereocenters. The summed E-state index contributed by atoms with van der Waals surface area (Å²) in [6, 6.07) is 11.2. The lowest BCUT2D eigenvalue weighted by atomic mass is 9.88. The van der Waals surface area contributed by atoms with Gasteiger partial charge in [0.1, 0.15) is 5.75 Å². The van der Waals surface area contributed by atoms with Crippen molar-refractivity contribution in [3.05, 3.63) is 60.0 Å². The van der Waals surface area contributed by atoms with E-state index >= 15 is 0 Å². The first-order chi connectivity index (χ1) is 16.6. The van der Waals surface area contributed by atoms with Crippen molar-refractivity contribution < 1.29 is 27.4 Å². The summed E-state index contributed by atoms with van der Waals surface area (Å²) < 4.78 is 49.2. The maximum absolute atomic E-state index is 12.9. The highest BCUT2D eigenvalue weighted by atomic mass is 19.4. The van der Waals surface area contributed by atoms with E-state index in [9.17, 15) is 18.0 Å². The Balaban J connectivity index is 1.19. The van der Waals surface area contributed by atoms with Gasteiger partial charge in [-0.2, -0.15) is 13.2 Å². The van der Waals surface area contributed by atoms with Gasteiger partial charge in [-0.25, -0.2) is 0 Å². The van der Waals surface area contributed by atoms with Crippen molar-refractivity contribution in [2.45, 2.75) is 44.9 Å². The number of ether oxygens (including phenoxy) is 2. The molecule has 0 spiro atoms. The number of fused-ring (bicyclic) bond motifs is 1. The van der Waals surface area contributed by atoms with Crippen molar-refractivity contribution in [3.8, 4) is 5.75 Å². The fraction of sp³-hybridized carbons (Fsp3) is 0.462. The molecule has 1 amide bonds. The average molecular weight is 488 g/mol. The second-order valence-corrected chi connectivity index (χ2v) is 10.1. The molecule has 0 bridgehead atoms. The molecule has 2 aliphatic rings. The maximum Gasteiger partial charge on any atom is 0.422 e. The third kappa shape index (κ3) is 5.29. The Morgan fingerprint density at radius 3 is 2.74 bits per heavy atom. The van der Waals surface area contributed by atoms with E-state index in [2.05, 4.69) is 57.0 Å². The van der Waals surface area contributed by atoms with Gasteiger partial charge in [-0.15, -0.1) is 0 Å². The van der Waals surface area contributed by atoms with Crippen LogP contribution in [0.4, 0.5) is 13.2 Å². The van der Waals surface area contributed by atoms with Crippen LogP contribution in [0.3, 0.4) is 0 Å². The minimum Gasteiger partial charge on any atom is -0.483 e. The van der Waals surface area contributed by atoms with Crippen LogP contribution >= 0.6 is 0 Å². The van der Waals surface area contributed by atoms with Gasteiger partial charge in [-0.05, 0) is 54.5 Å². The first kappa shape index (κ1) is 23.7. The quantitative estimate of drug-likeness (QED) is 0.486. The first-order valence-electron chi connectivity index (χ1n) is 11.7. The summed E-state index contributed by atoms with van der Waals surface area (Å²) in [6.45, 7) is 5.11. The van der Waals surface area contributed by atoms with Crippen LogP contribution in [0.15, 0.2) is 48.8 Å². The summed E-state index contributed by atoms with van der Waals surface area (Å²) in [5, 5.41) is 4.16. The van der Waals surface area contributed by atoms with Gasteiger partial charge in [-0.1, -0.05) is 19.1 Å². The van der Waals surface area contributed by atoms with Crippen LogP contribution in [-0.4, -0.2) is 41.5 Å². The SMILES string of the molecule is C[C@@H](NC(=O)C1CC1c1ccc2ccn(CC3(C)COC3)c2c1)c1ccc(OCC(F)(F)F)cn1. The van der Waals surface area contributed by atoms with Crippen molar-refractivity contribution in [2.75, 3.05) is 19.8 Å². The molecule has 1 aromatic carbocycles. The van der Waals surface area contributed by atoms with Gasteiger partial charge in [0.05, 0.1) is 31.1 Å². The highest BCUT2D eigenvalue weighted by molar-refractivity contribution is 5.85. The maximum atomic E-state index is 12.9. The summed E-state index contributed by atoms with van der Waals surface area (Å²) in [4.78, 5) is 17.0. The number of rotatable bonds is 8. The van der Waals surface area contributed by atoms with Crippen LogP contribution in [0.2, 0.25) is 0 Å². The van der Waals surface area contributed by atoms with Crippen LogP contribution < -0.4 is 10.1 Å². The third-order valence-electron chi connectivity index (χ3n) is 6.77. The zero-order valence-corrected chi connectivity index (χ0v) is 19.6. The Morgan fingerprint density at radius 1 is 1.29 bits per heavy atom. The minimum atomic E-state index is -4.40. The van der Waals surface area contributed by atoms with E-state index in [-0.39, 0.29) is 34.9 Å². The van der Waals surface area contributed by atoms with Crippen LogP contribution in [0.1, 0.15) is 43.5 Å². The molecule has 9 heteroatoms. The van der Waals surface area contributed by atoms with Crippen LogP contribution in [0.5, 0.6) is 5.75 Å². The van der Waals surface area contributed by atoms with Crippen molar-refractivity contribution in [1.29, 1.82) is 0 Å². The Kier molecular flexibility index (Phi) is 5.99. The van der Waals surface area contributed by atoms with Gasteiger partial charge < -0.3 is 19.4 Å². The minimum absolute atomic E-state index is 0.0332. The topological polar surface area (TPSA) is 65.4 Å². The Bertz CT molecular complexity index is 1220. The largest absolute Gasteiger partial charge is 0.483 e. The predicted octanol–water partition coefficient (Wildman–Crippen LogP) is 4.99. The van der Waals surface area contributed by atoms with Gasteiger partial charge in [0.25, 0.3) is 0 Å². The number of nitrogens with zero attached hydrogens (tertiary/aromatic N) is 2. The number of pyridine rings is 1. The zero-order chi connectivity index (χ0) is 24.8. The summed E-state index contributed by atoms with van der Waals surface area (Å²) in [6.07, 6.45) is -0.264. The van der Waals surface area contributed by atoms with E-state index in [1.807, 2.05) is 0 Å². The Morgan fingerprint density at radius 2 is 2.09 bits per heavy atom. The molecule has 0 radical (unpaired) electrons. The molecule has 1 saturated heterocycles. The van der Waals surface area contributed by atoms with Crippen LogP contribution in [-0.2, 0) is 16.1 Å². The smallest absolute Gasteiger partial charge is 0.422 e. The lowest BCUT2D eigenvalue weighted by molar-refractivity contribution is -0.153. The van der Waals surface area contributed by atoms with Crippen LogP contribution in [0, 0.1) is 11.3 Å². The van der Waals surface area contributed by atoms with Gasteiger partial charge in [0.15, 0.2) is 6.61 Å². The second kappa shape index (κ2) is 8.86. The fourth-order valence-electron chi connectivity index (χ4n) is 4.67. The number of nitrogens with one attached hydrogen (secondary N) is 1. The average Bonchev–Trinajstić information content (AvgIpc) is 3.52. The number of halogens is 3. The molecule has 1 aliphatic carbocycles. The number of alkyl halides is 3. The number of hydrogen-bond donors (Lipinski definition) is 1. The molecule has 35 heavy (non-hydrogen) atoms. The second-order valence-electron chi connectivity index (χ2n) is 10.1. The molecule has 3 heterocycles. The Labute approximate surface area is 201 Å². The molecule has 3 aromatic rings. The summed E-state index contributed by atoms with van der Waals surface area (Å²) in [7, 11) is 0. The monoisotopic (exact) mass is 487 g/mol. The fourth-order valence-corrected chi connectivity index (χ4v) is 4.67. The summed E-state index contributed by atoms with van der Waals surface area (Å²) in [5.41, 5.74) is 3.05. The standard InChI is InChI=1S/C26H28F3N3O3/c1-16(22-6-5-19(11-30-22)35-15-26(27,28)29)31-24(33)21-10-20(21)18-4-3-17-7-8-32(23(17)9-18)12-25(2)13-34-14-25/h3-9,11,16,20-21H,10,12-15H2,1-2H3,(H,31,33)/t16-,20?,21?/m1/s1. The molecule has 1 aliphatic heterocycles. The summed E-state index contributed by atoms with van der Waals surface area (Å²) >= 11 is 0. The van der Waals surface area contributed by atoms with E-state index in [0.717, 1.165) is 31.7 Å². The number of carbonyl (C=O) groups is 1. The molecule has 1 N–H and O–H groups in total. The lowest BCUT2D eigenvalue weighted by Crippen LogP contribution is -2.42. The number of benzene rings is 1. The van der Waals surface area contributed by atoms with Gasteiger partial charge in [0.2, 0.25) is 5.91 Å². The predicted molar refractivity (Wildman–Crippen MR) is 124 cm³/mol. The lowest BCUT2D eigenvalue weighted by Gasteiger charge is -2.38.